The van der Waals surface area contributed by atoms with Crippen LogP contribution in [0.2, 0.25) is 0 Å². The molecule has 0 saturated carbocycles. The highest BCUT2D eigenvalue weighted by Crippen LogP contribution is 2.40. The molecule has 2 aromatic heterocycles. The first-order valence-corrected chi connectivity index (χ1v) is 9.05. The number of methoxy groups -OCH3 is 3. The Bertz CT molecular complexity index is 831. The van der Waals surface area contributed by atoms with Gasteiger partial charge in [-0.1, -0.05) is 18.2 Å². The van der Waals surface area contributed by atoms with E-state index in [0.717, 1.165) is 17.0 Å². The van der Waals surface area contributed by atoms with Gasteiger partial charge in [0.25, 0.3) is 0 Å². The maximum atomic E-state index is 5.65. The van der Waals surface area contributed by atoms with Gasteiger partial charge < -0.3 is 14.2 Å². The van der Waals surface area contributed by atoms with Gasteiger partial charge in [0, 0.05) is 37.6 Å². The molecule has 6 heteroatoms. The van der Waals surface area contributed by atoms with Gasteiger partial charge in [0.15, 0.2) is 11.5 Å². The van der Waals surface area contributed by atoms with E-state index in [1.165, 1.54) is 0 Å². The minimum absolute atomic E-state index is 0.595. The quantitative estimate of drug-likeness (QED) is 0.565. The molecule has 0 atom stereocenters. The van der Waals surface area contributed by atoms with Gasteiger partial charge in [0.2, 0.25) is 5.75 Å². The zero-order chi connectivity index (χ0) is 19.8. The summed E-state index contributed by atoms with van der Waals surface area (Å²) in [4.78, 5) is 11.2. The van der Waals surface area contributed by atoms with Gasteiger partial charge in [0.05, 0.1) is 32.7 Å². The highest BCUT2D eigenvalue weighted by Gasteiger charge is 2.18. The first kappa shape index (κ1) is 19.6. The zero-order valence-electron chi connectivity index (χ0n) is 16.5. The normalized spacial score (nSPS) is 10.7. The second kappa shape index (κ2) is 9.71. The van der Waals surface area contributed by atoms with Gasteiger partial charge in [-0.3, -0.25) is 14.9 Å². The number of pyridine rings is 2. The number of ether oxygens (including phenoxy) is 3. The molecule has 6 nitrogen and oxygen atoms in total. The summed E-state index contributed by atoms with van der Waals surface area (Å²) in [5.41, 5.74) is 3.00. The Morgan fingerprint density at radius 1 is 0.679 bits per heavy atom. The standard InChI is InChI=1S/C22H25N3O3/c1-26-20-11-10-17(21(27-2)22(20)28-3)14-25(15-18-8-4-6-12-23-18)16-19-9-5-7-13-24-19/h4-13H,14-16H2,1-3H3. The van der Waals surface area contributed by atoms with E-state index in [1.807, 2.05) is 60.9 Å². The molecule has 0 bridgehead atoms. The molecule has 0 amide bonds. The minimum atomic E-state index is 0.595. The number of hydrogen-bond donors (Lipinski definition) is 0. The molecule has 146 valence electrons. The summed E-state index contributed by atoms with van der Waals surface area (Å²) in [5, 5.41) is 0. The summed E-state index contributed by atoms with van der Waals surface area (Å²) in [7, 11) is 4.87. The second-order valence-corrected chi connectivity index (χ2v) is 6.28. The molecular formula is C22H25N3O3. The molecule has 2 heterocycles. The third-order valence-corrected chi connectivity index (χ3v) is 4.40. The Morgan fingerprint density at radius 2 is 1.29 bits per heavy atom. The van der Waals surface area contributed by atoms with E-state index in [-0.39, 0.29) is 0 Å². The van der Waals surface area contributed by atoms with Crippen molar-refractivity contribution in [3.8, 4) is 17.2 Å². The molecule has 0 radical (unpaired) electrons. The van der Waals surface area contributed by atoms with Crippen molar-refractivity contribution in [2.45, 2.75) is 19.6 Å². The van der Waals surface area contributed by atoms with Crippen LogP contribution in [0.3, 0.4) is 0 Å². The highest BCUT2D eigenvalue weighted by molar-refractivity contribution is 5.55. The van der Waals surface area contributed by atoms with Crippen molar-refractivity contribution in [3.05, 3.63) is 77.9 Å². The van der Waals surface area contributed by atoms with Gasteiger partial charge in [-0.05, 0) is 30.3 Å². The lowest BCUT2D eigenvalue weighted by molar-refractivity contribution is 0.236. The molecule has 0 saturated heterocycles. The highest BCUT2D eigenvalue weighted by atomic mass is 16.5. The van der Waals surface area contributed by atoms with Gasteiger partial charge in [-0.25, -0.2) is 0 Å². The summed E-state index contributed by atoms with van der Waals surface area (Å²) in [6.07, 6.45) is 3.62. The van der Waals surface area contributed by atoms with Crippen LogP contribution in [-0.2, 0) is 19.6 Å². The van der Waals surface area contributed by atoms with E-state index in [0.29, 0.717) is 36.9 Å². The lowest BCUT2D eigenvalue weighted by Crippen LogP contribution is -2.23. The second-order valence-electron chi connectivity index (χ2n) is 6.28. The van der Waals surface area contributed by atoms with Crippen LogP contribution in [0.5, 0.6) is 17.2 Å². The molecule has 0 aliphatic rings. The predicted molar refractivity (Wildman–Crippen MR) is 108 cm³/mol. The topological polar surface area (TPSA) is 56.7 Å². The van der Waals surface area contributed by atoms with Crippen molar-refractivity contribution >= 4 is 0 Å². The van der Waals surface area contributed by atoms with Crippen LogP contribution in [-0.4, -0.2) is 36.2 Å². The van der Waals surface area contributed by atoms with Crippen molar-refractivity contribution < 1.29 is 14.2 Å². The van der Waals surface area contributed by atoms with Gasteiger partial charge >= 0.3 is 0 Å². The van der Waals surface area contributed by atoms with Crippen LogP contribution in [0.1, 0.15) is 17.0 Å². The maximum Gasteiger partial charge on any atom is 0.203 e. The van der Waals surface area contributed by atoms with E-state index >= 15 is 0 Å². The fraction of sp³-hybridized carbons (Fsp3) is 0.273. The molecule has 0 aliphatic heterocycles. The van der Waals surface area contributed by atoms with E-state index < -0.39 is 0 Å². The van der Waals surface area contributed by atoms with E-state index in [9.17, 15) is 0 Å². The Kier molecular flexibility index (Phi) is 6.81. The van der Waals surface area contributed by atoms with Crippen LogP contribution >= 0.6 is 0 Å². The predicted octanol–water partition coefficient (Wildman–Crippen LogP) is 3.70. The lowest BCUT2D eigenvalue weighted by Gasteiger charge is -2.24. The van der Waals surface area contributed by atoms with Crippen LogP contribution in [0, 0.1) is 0 Å². The van der Waals surface area contributed by atoms with Crippen molar-refractivity contribution in [1.82, 2.24) is 14.9 Å². The summed E-state index contributed by atoms with van der Waals surface area (Å²) in [6, 6.07) is 15.8. The van der Waals surface area contributed by atoms with Crippen molar-refractivity contribution in [2.24, 2.45) is 0 Å². The van der Waals surface area contributed by atoms with E-state index in [1.54, 1.807) is 21.3 Å². The molecule has 0 spiro atoms. The average Bonchev–Trinajstić information content (AvgIpc) is 2.74. The summed E-state index contributed by atoms with van der Waals surface area (Å²) < 4.78 is 16.6. The number of aromatic nitrogens is 2. The molecular weight excluding hydrogens is 354 g/mol. The monoisotopic (exact) mass is 379 g/mol. The molecule has 1 aromatic carbocycles. The number of benzene rings is 1. The molecule has 3 rings (SSSR count). The first-order valence-electron chi connectivity index (χ1n) is 9.05. The van der Waals surface area contributed by atoms with Gasteiger partial charge in [-0.15, -0.1) is 0 Å². The lowest BCUT2D eigenvalue weighted by atomic mass is 10.1. The van der Waals surface area contributed by atoms with E-state index in [2.05, 4.69) is 14.9 Å². The fourth-order valence-electron chi connectivity index (χ4n) is 3.14. The Labute approximate surface area is 165 Å². The van der Waals surface area contributed by atoms with E-state index in [4.69, 9.17) is 14.2 Å². The fourth-order valence-corrected chi connectivity index (χ4v) is 3.14. The third-order valence-electron chi connectivity index (χ3n) is 4.40. The molecule has 0 N–H and O–H groups in total. The van der Waals surface area contributed by atoms with Gasteiger partial charge in [-0.2, -0.15) is 0 Å². The van der Waals surface area contributed by atoms with Crippen LogP contribution in [0.25, 0.3) is 0 Å². The summed E-state index contributed by atoms with van der Waals surface area (Å²) >= 11 is 0. The molecule has 3 aromatic rings. The third kappa shape index (κ3) is 4.78. The largest absolute Gasteiger partial charge is 0.493 e. The summed E-state index contributed by atoms with van der Waals surface area (Å²) in [5.74, 6) is 1.91. The molecule has 0 unspecified atom stereocenters. The summed E-state index contributed by atoms with van der Waals surface area (Å²) in [6.45, 7) is 2.03. The minimum Gasteiger partial charge on any atom is -0.493 e. The smallest absolute Gasteiger partial charge is 0.203 e. The number of rotatable bonds is 9. The first-order chi connectivity index (χ1) is 13.7. The number of hydrogen-bond acceptors (Lipinski definition) is 6. The van der Waals surface area contributed by atoms with Crippen molar-refractivity contribution in [2.75, 3.05) is 21.3 Å². The zero-order valence-corrected chi connectivity index (χ0v) is 16.5. The number of nitrogens with zero attached hydrogens (tertiary/aromatic N) is 3. The molecule has 0 fully saturated rings. The van der Waals surface area contributed by atoms with Gasteiger partial charge in [0.1, 0.15) is 0 Å². The average molecular weight is 379 g/mol. The maximum absolute atomic E-state index is 5.65. The van der Waals surface area contributed by atoms with Crippen molar-refractivity contribution in [3.63, 3.8) is 0 Å². The van der Waals surface area contributed by atoms with Crippen LogP contribution in [0.4, 0.5) is 0 Å². The SMILES string of the molecule is COc1ccc(CN(Cc2ccccn2)Cc2ccccn2)c(OC)c1OC. The molecule has 28 heavy (non-hydrogen) atoms. The molecule has 0 aliphatic carbocycles. The van der Waals surface area contributed by atoms with Crippen LogP contribution < -0.4 is 14.2 Å². The Balaban J connectivity index is 1.90. The Hall–Kier alpha value is -3.12. The van der Waals surface area contributed by atoms with Crippen LogP contribution in [0.15, 0.2) is 60.9 Å². The Morgan fingerprint density at radius 3 is 1.75 bits per heavy atom. The van der Waals surface area contributed by atoms with Crippen molar-refractivity contribution in [1.29, 1.82) is 0 Å².